The zero-order valence-corrected chi connectivity index (χ0v) is 20.6. The molecular weight excluding hydrogens is 458 g/mol. The number of nitrogens with one attached hydrogen (secondary N) is 2. The molecule has 1 aliphatic carbocycles. The van der Waals surface area contributed by atoms with Crippen LogP contribution >= 0.6 is 0 Å². The van der Waals surface area contributed by atoms with E-state index in [0.717, 1.165) is 74.5 Å². The number of rotatable bonds is 5. The fourth-order valence-electron chi connectivity index (χ4n) is 5.60. The summed E-state index contributed by atoms with van der Waals surface area (Å²) < 4.78 is 1.76. The van der Waals surface area contributed by atoms with Gasteiger partial charge in [-0.2, -0.15) is 4.98 Å². The fourth-order valence-corrected chi connectivity index (χ4v) is 5.60. The van der Waals surface area contributed by atoms with Crippen LogP contribution in [0.25, 0.3) is 11.2 Å². The smallest absolute Gasteiger partial charge is 0.229 e. The molecule has 11 nitrogen and oxygen atoms in total. The molecule has 2 fully saturated rings. The lowest BCUT2D eigenvalue weighted by Crippen LogP contribution is -2.47. The second-order valence-electron chi connectivity index (χ2n) is 9.75. The Morgan fingerprint density at radius 2 is 1.94 bits per heavy atom. The van der Waals surface area contributed by atoms with E-state index < -0.39 is 6.23 Å². The minimum atomic E-state index is -1.01. The molecule has 11 heteroatoms. The van der Waals surface area contributed by atoms with Crippen molar-refractivity contribution in [3.8, 4) is 0 Å². The number of aromatic nitrogens is 5. The molecule has 36 heavy (non-hydrogen) atoms. The zero-order valence-electron chi connectivity index (χ0n) is 20.6. The first-order valence-electron chi connectivity index (χ1n) is 12.6. The molecule has 1 saturated heterocycles. The van der Waals surface area contributed by atoms with Gasteiger partial charge in [0.2, 0.25) is 5.95 Å². The van der Waals surface area contributed by atoms with Gasteiger partial charge >= 0.3 is 0 Å². The van der Waals surface area contributed by atoms with Crippen molar-refractivity contribution in [1.82, 2.24) is 29.9 Å². The Hall–Kier alpha value is -3.57. The van der Waals surface area contributed by atoms with Crippen molar-refractivity contribution in [2.75, 3.05) is 41.3 Å². The number of aliphatic hydroxyl groups is 1. The number of ketones is 1. The van der Waals surface area contributed by atoms with Crippen LogP contribution in [0, 0.1) is 0 Å². The average molecular weight is 490 g/mol. The lowest BCUT2D eigenvalue weighted by molar-refractivity contribution is -0.114. The maximum atomic E-state index is 12.4. The van der Waals surface area contributed by atoms with Crippen LogP contribution in [0.4, 0.5) is 23.3 Å². The summed E-state index contributed by atoms with van der Waals surface area (Å²) in [6.07, 6.45) is 8.46. The predicted molar refractivity (Wildman–Crippen MR) is 137 cm³/mol. The molecule has 0 spiro atoms. The highest BCUT2D eigenvalue weighted by molar-refractivity contribution is 6.04. The van der Waals surface area contributed by atoms with Crippen molar-refractivity contribution in [3.05, 3.63) is 35.8 Å². The largest absolute Gasteiger partial charge is 0.369 e. The minimum Gasteiger partial charge on any atom is -0.369 e. The Kier molecular flexibility index (Phi) is 5.81. The first-order valence-corrected chi connectivity index (χ1v) is 12.6. The minimum absolute atomic E-state index is 0.130. The van der Waals surface area contributed by atoms with Crippen molar-refractivity contribution in [3.63, 3.8) is 0 Å². The first kappa shape index (κ1) is 22.9. The van der Waals surface area contributed by atoms with Gasteiger partial charge in [0.05, 0.1) is 18.1 Å². The van der Waals surface area contributed by atoms with Crippen molar-refractivity contribution in [1.29, 1.82) is 0 Å². The van der Waals surface area contributed by atoms with Gasteiger partial charge in [-0.15, -0.1) is 5.10 Å². The van der Waals surface area contributed by atoms with Crippen LogP contribution in [0.2, 0.25) is 0 Å². The zero-order chi connectivity index (χ0) is 24.8. The van der Waals surface area contributed by atoms with Crippen LogP contribution < -0.4 is 20.4 Å². The molecule has 2 aliphatic heterocycles. The molecule has 188 valence electrons. The van der Waals surface area contributed by atoms with Gasteiger partial charge in [0.25, 0.3) is 0 Å². The summed E-state index contributed by atoms with van der Waals surface area (Å²) in [5, 5.41) is 22.5. The molecule has 3 aliphatic rings. The van der Waals surface area contributed by atoms with Gasteiger partial charge in [-0.3, -0.25) is 4.79 Å². The lowest BCUT2D eigenvalue weighted by atomic mass is 9.93. The van der Waals surface area contributed by atoms with Crippen LogP contribution in [0.1, 0.15) is 45.1 Å². The van der Waals surface area contributed by atoms with Crippen LogP contribution in [-0.4, -0.2) is 73.9 Å². The lowest BCUT2D eigenvalue weighted by Gasteiger charge is -2.40. The van der Waals surface area contributed by atoms with E-state index in [1.165, 1.54) is 6.92 Å². The molecule has 1 saturated carbocycles. The molecule has 6 rings (SSSR count). The number of aliphatic hydroxyl groups excluding tert-OH is 1. The van der Waals surface area contributed by atoms with Crippen molar-refractivity contribution in [2.24, 2.45) is 0 Å². The van der Waals surface area contributed by atoms with Crippen molar-refractivity contribution in [2.45, 2.75) is 51.8 Å². The summed E-state index contributed by atoms with van der Waals surface area (Å²) in [6, 6.07) is 2.13. The van der Waals surface area contributed by atoms with Gasteiger partial charge in [0.15, 0.2) is 23.5 Å². The number of allylic oxidation sites excluding steroid dienone is 1. The molecule has 0 amide bonds. The standard InChI is InChI=1S/C25H31N9O2/c1-15-19-13-28-25(30-23(19)34(18-5-3-4-6-18)24(36)22(15)16(2)35)29-17-12-27-20-11-21(31-33(20)14-17)32-9-7-26-8-10-32/h11-14,18,24,26,36H,3-10H2,1-2H3,(H,28,29,30). The topological polar surface area (TPSA) is 124 Å². The van der Waals surface area contributed by atoms with Gasteiger partial charge in [-0.1, -0.05) is 12.8 Å². The molecule has 1 unspecified atom stereocenters. The molecule has 3 N–H and O–H groups in total. The second kappa shape index (κ2) is 9.14. The number of carbonyl (C=O) groups excluding carboxylic acids is 1. The summed E-state index contributed by atoms with van der Waals surface area (Å²) in [5.74, 6) is 1.84. The third-order valence-electron chi connectivity index (χ3n) is 7.44. The van der Waals surface area contributed by atoms with Crippen molar-refractivity contribution >= 4 is 40.3 Å². The Labute approximate surface area is 209 Å². The summed E-state index contributed by atoms with van der Waals surface area (Å²) >= 11 is 0. The Morgan fingerprint density at radius 1 is 1.17 bits per heavy atom. The van der Waals surface area contributed by atoms with Crippen LogP contribution in [0.3, 0.4) is 0 Å². The number of piperazine rings is 1. The van der Waals surface area contributed by atoms with Crippen LogP contribution in [-0.2, 0) is 4.79 Å². The number of hydrogen-bond acceptors (Lipinski definition) is 10. The number of anilines is 4. The second-order valence-corrected chi connectivity index (χ2v) is 9.75. The Bertz CT molecular complexity index is 1340. The van der Waals surface area contributed by atoms with E-state index in [9.17, 15) is 9.90 Å². The number of Topliss-reactive ketones (excluding diaryl/α,β-unsaturated/α-hetero) is 1. The molecule has 0 radical (unpaired) electrons. The van der Waals surface area contributed by atoms with Gasteiger partial charge in [0, 0.05) is 55.6 Å². The van der Waals surface area contributed by atoms with E-state index in [0.29, 0.717) is 23.0 Å². The fraction of sp³-hybridized carbons (Fsp3) is 0.480. The highest BCUT2D eigenvalue weighted by atomic mass is 16.3. The Balaban J connectivity index is 1.32. The van der Waals surface area contributed by atoms with Crippen LogP contribution in [0.15, 0.2) is 30.2 Å². The molecule has 1 atom stereocenters. The molecular formula is C25H31N9O2. The highest BCUT2D eigenvalue weighted by Crippen LogP contribution is 2.40. The van der Waals surface area contributed by atoms with Gasteiger partial charge in [-0.25, -0.2) is 14.5 Å². The number of fused-ring (bicyclic) bond motifs is 2. The van der Waals surface area contributed by atoms with E-state index in [1.807, 2.05) is 24.1 Å². The third-order valence-corrected chi connectivity index (χ3v) is 7.44. The maximum absolute atomic E-state index is 12.4. The normalized spacial score (nSPS) is 20.8. The summed E-state index contributed by atoms with van der Waals surface area (Å²) in [7, 11) is 0. The summed E-state index contributed by atoms with van der Waals surface area (Å²) in [4.78, 5) is 30.4. The SMILES string of the molecule is CC(=O)C1=C(C)c2cnc(Nc3cnc4cc(N5CCNCC5)nn4c3)nc2N(C2CCCC2)C1O. The van der Waals surface area contributed by atoms with Gasteiger partial charge < -0.3 is 25.5 Å². The van der Waals surface area contributed by atoms with E-state index >= 15 is 0 Å². The summed E-state index contributed by atoms with van der Waals surface area (Å²) in [5.41, 5.74) is 3.41. The highest BCUT2D eigenvalue weighted by Gasteiger charge is 2.38. The molecule has 0 bridgehead atoms. The molecule has 5 heterocycles. The van der Waals surface area contributed by atoms with Crippen LogP contribution in [0.5, 0.6) is 0 Å². The predicted octanol–water partition coefficient (Wildman–Crippen LogP) is 2.12. The van der Waals surface area contributed by atoms with E-state index in [1.54, 1.807) is 16.9 Å². The van der Waals surface area contributed by atoms with Gasteiger partial charge in [0.1, 0.15) is 5.82 Å². The third kappa shape index (κ3) is 3.97. The maximum Gasteiger partial charge on any atom is 0.229 e. The van der Waals surface area contributed by atoms with Gasteiger partial charge in [-0.05, 0) is 32.3 Å². The van der Waals surface area contributed by atoms with E-state index in [2.05, 4.69) is 25.5 Å². The van der Waals surface area contributed by atoms with Crippen molar-refractivity contribution < 1.29 is 9.90 Å². The number of carbonyl (C=O) groups is 1. The molecule has 3 aromatic rings. The number of hydrogen-bond donors (Lipinski definition) is 3. The first-order chi connectivity index (χ1) is 17.5. The quantitative estimate of drug-likeness (QED) is 0.491. The van der Waals surface area contributed by atoms with E-state index in [-0.39, 0.29) is 11.8 Å². The molecule has 3 aromatic heterocycles. The summed E-state index contributed by atoms with van der Waals surface area (Å²) in [6.45, 7) is 7.08. The Morgan fingerprint density at radius 3 is 2.69 bits per heavy atom. The van der Waals surface area contributed by atoms with E-state index in [4.69, 9.17) is 10.1 Å². The molecule has 0 aromatic carbocycles. The average Bonchev–Trinajstić information content (AvgIpc) is 3.54. The number of nitrogens with zero attached hydrogens (tertiary/aromatic N) is 7. The monoisotopic (exact) mass is 489 g/mol.